The zero-order valence-electron chi connectivity index (χ0n) is 11.5. The number of hydrogen-bond donors (Lipinski definition) is 1. The van der Waals surface area contributed by atoms with E-state index in [4.69, 9.17) is 9.15 Å². The second kappa shape index (κ2) is 6.48. The Morgan fingerprint density at radius 2 is 2.53 bits per heavy atom. The molecule has 0 aliphatic heterocycles. The molecule has 0 bridgehead atoms. The maximum absolute atomic E-state index is 12.0. The van der Waals surface area contributed by atoms with Crippen LogP contribution in [0.5, 0.6) is 0 Å². The van der Waals surface area contributed by atoms with Crippen molar-refractivity contribution in [2.75, 3.05) is 13.7 Å². The van der Waals surface area contributed by atoms with Crippen LogP contribution in [-0.4, -0.2) is 30.4 Å². The molecule has 2 rings (SSSR count). The van der Waals surface area contributed by atoms with Crippen molar-refractivity contribution in [2.24, 2.45) is 0 Å². The van der Waals surface area contributed by atoms with Crippen molar-refractivity contribution in [2.45, 2.75) is 42.7 Å². The molecule has 1 aromatic heterocycles. The van der Waals surface area contributed by atoms with Crippen LogP contribution in [0.15, 0.2) is 22.8 Å². The van der Waals surface area contributed by atoms with Crippen LogP contribution in [0.25, 0.3) is 0 Å². The molecule has 1 fully saturated rings. The summed E-state index contributed by atoms with van der Waals surface area (Å²) < 4.78 is 10.3. The van der Waals surface area contributed by atoms with E-state index in [1.165, 1.54) is 7.11 Å². The van der Waals surface area contributed by atoms with Gasteiger partial charge >= 0.3 is 5.97 Å². The highest BCUT2D eigenvalue weighted by atomic mass is 32.2. The lowest BCUT2D eigenvalue weighted by Gasteiger charge is -2.27. The molecule has 0 radical (unpaired) electrons. The third kappa shape index (κ3) is 3.34. The number of carbonyl (C=O) groups is 1. The highest BCUT2D eigenvalue weighted by Gasteiger charge is 2.45. The minimum atomic E-state index is -0.482. The van der Waals surface area contributed by atoms with Crippen LogP contribution in [0.1, 0.15) is 31.9 Å². The van der Waals surface area contributed by atoms with Gasteiger partial charge in [-0.3, -0.25) is 4.79 Å². The van der Waals surface area contributed by atoms with Crippen molar-refractivity contribution in [3.8, 4) is 0 Å². The summed E-state index contributed by atoms with van der Waals surface area (Å²) in [5.41, 5.74) is -0.482. The molecule has 0 amide bonds. The molecule has 1 saturated carbocycles. The second-order valence-corrected chi connectivity index (χ2v) is 6.15. The maximum atomic E-state index is 12.0. The Morgan fingerprint density at radius 3 is 3.16 bits per heavy atom. The van der Waals surface area contributed by atoms with Gasteiger partial charge in [0.15, 0.2) is 0 Å². The molecule has 1 aliphatic carbocycles. The molecule has 19 heavy (non-hydrogen) atoms. The monoisotopic (exact) mass is 283 g/mol. The van der Waals surface area contributed by atoms with Crippen molar-refractivity contribution in [3.63, 3.8) is 0 Å². The Kier molecular flexibility index (Phi) is 4.93. The lowest BCUT2D eigenvalue weighted by Crippen LogP contribution is -2.50. The molecule has 1 aromatic rings. The Balaban J connectivity index is 1.91. The Hall–Kier alpha value is -0.940. The lowest BCUT2D eigenvalue weighted by atomic mass is 9.98. The van der Waals surface area contributed by atoms with Crippen molar-refractivity contribution < 1.29 is 13.9 Å². The van der Waals surface area contributed by atoms with Gasteiger partial charge in [-0.2, -0.15) is 11.8 Å². The Morgan fingerprint density at radius 1 is 1.68 bits per heavy atom. The van der Waals surface area contributed by atoms with Crippen LogP contribution in [0.4, 0.5) is 0 Å². The summed E-state index contributed by atoms with van der Waals surface area (Å²) in [6.45, 7) is 2.80. The average Bonchev–Trinajstić information content (AvgIpc) is 3.06. The Labute approximate surface area is 118 Å². The third-order valence-electron chi connectivity index (χ3n) is 3.60. The van der Waals surface area contributed by atoms with Crippen molar-refractivity contribution >= 4 is 17.7 Å². The first-order valence-corrected chi connectivity index (χ1v) is 7.72. The highest BCUT2D eigenvalue weighted by Crippen LogP contribution is 2.39. The van der Waals surface area contributed by atoms with Gasteiger partial charge in [0.05, 0.1) is 19.1 Å². The topological polar surface area (TPSA) is 51.5 Å². The minimum absolute atomic E-state index is 0.129. The van der Waals surface area contributed by atoms with E-state index < -0.39 is 5.54 Å². The Bertz CT molecular complexity index is 407. The number of esters is 1. The van der Waals surface area contributed by atoms with Crippen molar-refractivity contribution in [1.29, 1.82) is 0 Å². The first-order chi connectivity index (χ1) is 9.20. The maximum Gasteiger partial charge on any atom is 0.326 e. The van der Waals surface area contributed by atoms with Gasteiger partial charge in [-0.1, -0.05) is 6.92 Å². The van der Waals surface area contributed by atoms with Crippen LogP contribution in [-0.2, 0) is 15.3 Å². The molecule has 0 spiro atoms. The summed E-state index contributed by atoms with van der Waals surface area (Å²) in [7, 11) is 1.46. The predicted molar refractivity (Wildman–Crippen MR) is 76.1 cm³/mol. The molecule has 1 aliphatic rings. The average molecular weight is 283 g/mol. The zero-order chi connectivity index (χ0) is 13.7. The number of likely N-dealkylation sites (N-methyl/N-ethyl adjacent to an activating group) is 1. The van der Waals surface area contributed by atoms with Gasteiger partial charge in [0, 0.05) is 5.25 Å². The van der Waals surface area contributed by atoms with E-state index in [-0.39, 0.29) is 5.97 Å². The highest BCUT2D eigenvalue weighted by molar-refractivity contribution is 7.99. The van der Waals surface area contributed by atoms with E-state index in [1.54, 1.807) is 6.26 Å². The van der Waals surface area contributed by atoms with Crippen LogP contribution >= 0.6 is 11.8 Å². The van der Waals surface area contributed by atoms with Gasteiger partial charge in [-0.15, -0.1) is 0 Å². The normalized spacial score (nSPS) is 26.5. The summed E-state index contributed by atoms with van der Waals surface area (Å²) in [6.07, 6.45) is 4.41. The zero-order valence-corrected chi connectivity index (χ0v) is 12.3. The standard InChI is InChI=1S/C14H21NO3S/c1-3-15-14(13(16)17-2)7-6-12(9-14)19-10-11-5-4-8-18-11/h4-5,8,12,15H,3,6-7,9-10H2,1-2H3. The van der Waals surface area contributed by atoms with Crippen LogP contribution in [0.3, 0.4) is 0 Å². The van der Waals surface area contributed by atoms with E-state index in [2.05, 4.69) is 5.32 Å². The van der Waals surface area contributed by atoms with Gasteiger partial charge in [-0.05, 0) is 37.9 Å². The van der Waals surface area contributed by atoms with E-state index in [9.17, 15) is 4.79 Å². The van der Waals surface area contributed by atoms with Crippen LogP contribution < -0.4 is 5.32 Å². The molecular weight excluding hydrogens is 262 g/mol. The quantitative estimate of drug-likeness (QED) is 0.813. The summed E-state index contributed by atoms with van der Waals surface area (Å²) in [5, 5.41) is 3.80. The fraction of sp³-hybridized carbons (Fsp3) is 0.643. The van der Waals surface area contributed by atoms with Gasteiger partial charge in [0.25, 0.3) is 0 Å². The molecule has 106 valence electrons. The summed E-state index contributed by atoms with van der Waals surface area (Å²) in [6, 6.07) is 3.89. The van der Waals surface area contributed by atoms with Crippen LogP contribution in [0, 0.1) is 0 Å². The smallest absolute Gasteiger partial charge is 0.326 e. The van der Waals surface area contributed by atoms with Gasteiger partial charge in [0.2, 0.25) is 0 Å². The SMILES string of the molecule is CCNC1(C(=O)OC)CCC(SCc2ccco2)C1. The number of hydrogen-bond acceptors (Lipinski definition) is 5. The van der Waals surface area contributed by atoms with Crippen LogP contribution in [0.2, 0.25) is 0 Å². The first-order valence-electron chi connectivity index (χ1n) is 6.67. The van der Waals surface area contributed by atoms with Gasteiger partial charge in [0.1, 0.15) is 11.3 Å². The molecule has 0 saturated heterocycles. The fourth-order valence-corrected chi connectivity index (χ4v) is 3.94. The number of nitrogens with one attached hydrogen (secondary N) is 1. The largest absolute Gasteiger partial charge is 0.468 e. The predicted octanol–water partition coefficient (Wildman–Crippen LogP) is 2.59. The van der Waals surface area contributed by atoms with E-state index in [0.29, 0.717) is 5.25 Å². The van der Waals surface area contributed by atoms with Crippen molar-refractivity contribution in [3.05, 3.63) is 24.2 Å². The second-order valence-electron chi connectivity index (χ2n) is 4.86. The molecule has 4 nitrogen and oxygen atoms in total. The molecule has 2 atom stereocenters. The molecule has 1 N–H and O–H groups in total. The molecule has 0 aromatic carbocycles. The molecular formula is C14H21NO3S. The fourth-order valence-electron chi connectivity index (χ4n) is 2.69. The number of rotatable bonds is 6. The van der Waals surface area contributed by atoms with E-state index in [1.807, 2.05) is 30.8 Å². The third-order valence-corrected chi connectivity index (χ3v) is 4.93. The van der Waals surface area contributed by atoms with Gasteiger partial charge < -0.3 is 14.5 Å². The van der Waals surface area contributed by atoms with E-state index >= 15 is 0 Å². The molecule has 1 heterocycles. The number of methoxy groups -OCH3 is 1. The summed E-state index contributed by atoms with van der Waals surface area (Å²) in [5.74, 6) is 1.72. The number of thioether (sulfide) groups is 1. The van der Waals surface area contributed by atoms with Gasteiger partial charge in [-0.25, -0.2) is 0 Å². The first kappa shape index (κ1) is 14.5. The summed E-state index contributed by atoms with van der Waals surface area (Å²) >= 11 is 1.86. The number of ether oxygens (including phenoxy) is 1. The number of furan rings is 1. The van der Waals surface area contributed by atoms with Crippen molar-refractivity contribution in [1.82, 2.24) is 5.32 Å². The number of carbonyl (C=O) groups excluding carboxylic acids is 1. The summed E-state index contributed by atoms with van der Waals surface area (Å²) in [4.78, 5) is 12.0. The van der Waals surface area contributed by atoms with E-state index in [0.717, 1.165) is 37.3 Å². The minimum Gasteiger partial charge on any atom is -0.468 e. The lowest BCUT2D eigenvalue weighted by molar-refractivity contribution is -0.148. The molecule has 2 unspecified atom stereocenters. The molecule has 5 heteroatoms.